The number of hydrogen-bond donors (Lipinski definition) is 3. The maximum atomic E-state index is 13.5. The van der Waals surface area contributed by atoms with E-state index in [-0.39, 0.29) is 24.7 Å². The molecule has 9 nitrogen and oxygen atoms in total. The summed E-state index contributed by atoms with van der Waals surface area (Å²) in [4.78, 5) is 20.2. The van der Waals surface area contributed by atoms with E-state index in [9.17, 15) is 27.8 Å². The number of carbonyl (C=O) groups is 1. The van der Waals surface area contributed by atoms with Crippen LogP contribution in [0.2, 0.25) is 0 Å². The predicted molar refractivity (Wildman–Crippen MR) is 127 cm³/mol. The molecule has 186 valence electrons. The lowest BCUT2D eigenvalue weighted by atomic mass is 9.97. The van der Waals surface area contributed by atoms with E-state index in [1.165, 1.54) is 37.4 Å². The Morgan fingerprint density at radius 2 is 1.79 bits per heavy atom. The molecule has 2 rings (SSSR count). The number of anilines is 1. The zero-order valence-corrected chi connectivity index (χ0v) is 20.3. The van der Waals surface area contributed by atoms with Crippen molar-refractivity contribution in [2.24, 2.45) is 0 Å². The highest BCUT2D eigenvalue weighted by Gasteiger charge is 2.22. The van der Waals surface area contributed by atoms with Gasteiger partial charge >= 0.3 is 0 Å². The molecule has 1 heterocycles. The van der Waals surface area contributed by atoms with Crippen molar-refractivity contribution in [1.29, 1.82) is 0 Å². The Hall–Kier alpha value is -2.73. The van der Waals surface area contributed by atoms with E-state index in [2.05, 4.69) is 9.97 Å². The molecule has 11 heteroatoms. The van der Waals surface area contributed by atoms with Gasteiger partial charge in [0.05, 0.1) is 29.9 Å². The van der Waals surface area contributed by atoms with Gasteiger partial charge in [0.2, 0.25) is 16.0 Å². The zero-order chi connectivity index (χ0) is 25.6. The third-order valence-electron chi connectivity index (χ3n) is 5.05. The standard InChI is InChI=1S/C23H30FN3O6S/c1-14(2)21-20(10-9-17(29)11-18(30)12-19(31)13-28)22(15-5-7-16(24)8-6-15)26-23(25-21)27(3)34(4,32)33/h5-10,14,17-18,28-30H,11-13H2,1-4H3/b10-9+/t17-,18?/m1/s1. The van der Waals surface area contributed by atoms with Gasteiger partial charge in [-0.2, -0.15) is 0 Å². The summed E-state index contributed by atoms with van der Waals surface area (Å²) in [6.07, 6.45) is 1.31. The molecule has 0 bridgehead atoms. The van der Waals surface area contributed by atoms with Gasteiger partial charge in [-0.15, -0.1) is 0 Å². The molecule has 0 aliphatic rings. The van der Waals surface area contributed by atoms with Gasteiger partial charge in [-0.05, 0) is 30.2 Å². The fourth-order valence-electron chi connectivity index (χ4n) is 3.17. The Labute approximate surface area is 198 Å². The number of rotatable bonds is 11. The quantitative estimate of drug-likeness (QED) is 0.429. The third kappa shape index (κ3) is 7.39. The fraction of sp³-hybridized carbons (Fsp3) is 0.435. The van der Waals surface area contributed by atoms with Crippen LogP contribution in [0.25, 0.3) is 17.3 Å². The third-order valence-corrected chi connectivity index (χ3v) is 6.20. The van der Waals surface area contributed by atoms with Crippen molar-refractivity contribution in [3.8, 4) is 11.3 Å². The largest absolute Gasteiger partial charge is 0.393 e. The van der Waals surface area contributed by atoms with Gasteiger partial charge in [-0.1, -0.05) is 26.0 Å². The summed E-state index contributed by atoms with van der Waals surface area (Å²) in [6.45, 7) is 3.03. The van der Waals surface area contributed by atoms with Crippen LogP contribution in [0.3, 0.4) is 0 Å². The second kappa shape index (κ2) is 11.6. The van der Waals surface area contributed by atoms with E-state index in [0.29, 0.717) is 22.5 Å². The summed E-state index contributed by atoms with van der Waals surface area (Å²) < 4.78 is 38.7. The molecule has 1 aromatic carbocycles. The average Bonchev–Trinajstić information content (AvgIpc) is 2.76. The number of aliphatic hydroxyl groups excluding tert-OH is 3. The first kappa shape index (κ1) is 27.5. The van der Waals surface area contributed by atoms with E-state index >= 15 is 0 Å². The van der Waals surface area contributed by atoms with E-state index in [1.54, 1.807) is 6.08 Å². The van der Waals surface area contributed by atoms with Crippen LogP contribution in [-0.4, -0.2) is 71.6 Å². The van der Waals surface area contributed by atoms with Crippen molar-refractivity contribution in [3.63, 3.8) is 0 Å². The number of ketones is 1. The van der Waals surface area contributed by atoms with Crippen molar-refractivity contribution in [3.05, 3.63) is 47.4 Å². The molecule has 2 atom stereocenters. The SMILES string of the molecule is CC(C)c1nc(N(C)S(C)(=O)=O)nc(-c2ccc(F)cc2)c1/C=C/[C@@H](O)CC(O)CC(=O)CO. The Kier molecular flexibility index (Phi) is 9.39. The maximum Gasteiger partial charge on any atom is 0.239 e. The second-order valence-corrected chi connectivity index (χ2v) is 10.3. The summed E-state index contributed by atoms with van der Waals surface area (Å²) in [7, 11) is -2.32. The number of carbonyl (C=O) groups excluding carboxylic acids is 1. The van der Waals surface area contributed by atoms with Gasteiger partial charge in [0.1, 0.15) is 12.4 Å². The lowest BCUT2D eigenvalue weighted by Gasteiger charge is -2.20. The monoisotopic (exact) mass is 495 g/mol. The summed E-state index contributed by atoms with van der Waals surface area (Å²) in [6, 6.07) is 5.51. The summed E-state index contributed by atoms with van der Waals surface area (Å²) in [5.74, 6) is -1.21. The molecule has 0 amide bonds. The van der Waals surface area contributed by atoms with E-state index in [1.807, 2.05) is 13.8 Å². The average molecular weight is 496 g/mol. The maximum absolute atomic E-state index is 13.5. The molecule has 3 N–H and O–H groups in total. The van der Waals surface area contributed by atoms with Crippen LogP contribution in [0.15, 0.2) is 30.3 Å². The van der Waals surface area contributed by atoms with Gasteiger partial charge in [0.15, 0.2) is 5.78 Å². The molecule has 1 unspecified atom stereocenters. The lowest BCUT2D eigenvalue weighted by molar-refractivity contribution is -0.123. The van der Waals surface area contributed by atoms with Crippen LogP contribution >= 0.6 is 0 Å². The highest BCUT2D eigenvalue weighted by atomic mass is 32.2. The van der Waals surface area contributed by atoms with Gasteiger partial charge in [-0.3, -0.25) is 4.79 Å². The molecule has 34 heavy (non-hydrogen) atoms. The Morgan fingerprint density at radius 3 is 2.32 bits per heavy atom. The Balaban J connectivity index is 2.57. The minimum atomic E-state index is -3.65. The molecule has 2 aromatic rings. The van der Waals surface area contributed by atoms with Gasteiger partial charge in [0.25, 0.3) is 0 Å². The van der Waals surface area contributed by atoms with E-state index < -0.39 is 40.4 Å². The molecule has 0 aliphatic heterocycles. The lowest BCUT2D eigenvalue weighted by Crippen LogP contribution is -2.27. The first-order chi connectivity index (χ1) is 15.8. The number of hydrogen-bond acceptors (Lipinski definition) is 8. The molecule has 0 aliphatic carbocycles. The summed E-state index contributed by atoms with van der Waals surface area (Å²) in [5, 5.41) is 29.1. The highest BCUT2D eigenvalue weighted by molar-refractivity contribution is 7.92. The number of sulfonamides is 1. The van der Waals surface area contributed by atoms with E-state index in [4.69, 9.17) is 5.11 Å². The molecular weight excluding hydrogens is 465 g/mol. The molecule has 0 saturated heterocycles. The minimum absolute atomic E-state index is 0.0545. The first-order valence-electron chi connectivity index (χ1n) is 10.6. The predicted octanol–water partition coefficient (Wildman–Crippen LogP) is 1.88. The second-order valence-electron chi connectivity index (χ2n) is 8.28. The zero-order valence-electron chi connectivity index (χ0n) is 19.5. The van der Waals surface area contributed by atoms with Crippen LogP contribution < -0.4 is 4.31 Å². The molecular formula is C23H30FN3O6S. The highest BCUT2D eigenvalue weighted by Crippen LogP contribution is 2.31. The van der Waals surface area contributed by atoms with Crippen molar-refractivity contribution >= 4 is 27.8 Å². The number of aliphatic hydroxyl groups is 3. The smallest absolute Gasteiger partial charge is 0.239 e. The normalized spacial score (nSPS) is 13.9. The van der Waals surface area contributed by atoms with Gasteiger partial charge in [-0.25, -0.2) is 27.1 Å². The van der Waals surface area contributed by atoms with Crippen molar-refractivity contribution in [2.75, 3.05) is 24.2 Å². The first-order valence-corrected chi connectivity index (χ1v) is 12.5. The van der Waals surface area contributed by atoms with Crippen molar-refractivity contribution in [1.82, 2.24) is 9.97 Å². The molecule has 0 radical (unpaired) electrons. The van der Waals surface area contributed by atoms with Crippen LogP contribution in [0, 0.1) is 5.82 Å². The number of halogens is 1. The van der Waals surface area contributed by atoms with Crippen molar-refractivity contribution in [2.45, 2.75) is 44.8 Å². The molecule has 0 spiro atoms. The summed E-state index contributed by atoms with van der Waals surface area (Å²) in [5.41, 5.74) is 1.84. The van der Waals surface area contributed by atoms with Crippen LogP contribution in [0.5, 0.6) is 0 Å². The summed E-state index contributed by atoms with van der Waals surface area (Å²) >= 11 is 0. The Bertz CT molecular complexity index is 1140. The topological polar surface area (TPSA) is 141 Å². The van der Waals surface area contributed by atoms with Crippen LogP contribution in [-0.2, 0) is 14.8 Å². The number of Topliss-reactive ketones (excluding diaryl/α,β-unsaturated/α-hetero) is 1. The minimum Gasteiger partial charge on any atom is -0.393 e. The molecule has 0 fully saturated rings. The number of nitrogens with zero attached hydrogens (tertiary/aromatic N) is 3. The number of benzene rings is 1. The van der Waals surface area contributed by atoms with Crippen LogP contribution in [0.4, 0.5) is 10.3 Å². The molecule has 0 saturated carbocycles. The van der Waals surface area contributed by atoms with E-state index in [0.717, 1.165) is 10.6 Å². The Morgan fingerprint density at radius 1 is 1.18 bits per heavy atom. The van der Waals surface area contributed by atoms with Gasteiger partial charge in [0, 0.05) is 31.0 Å². The molecule has 1 aromatic heterocycles. The van der Waals surface area contributed by atoms with Crippen LogP contribution in [0.1, 0.15) is 43.9 Å². The van der Waals surface area contributed by atoms with Crippen molar-refractivity contribution < 1.29 is 32.9 Å². The number of aromatic nitrogens is 2. The van der Waals surface area contributed by atoms with Gasteiger partial charge < -0.3 is 15.3 Å². The fourth-order valence-corrected chi connectivity index (χ4v) is 3.55.